The lowest BCUT2D eigenvalue weighted by atomic mass is 9.66. The molecule has 6 rings (SSSR count). The summed E-state index contributed by atoms with van der Waals surface area (Å²) in [5.41, 5.74) is 10.6. The Morgan fingerprint density at radius 2 is 1.55 bits per heavy atom. The van der Waals surface area contributed by atoms with Crippen molar-refractivity contribution in [2.24, 2.45) is 5.73 Å². The van der Waals surface area contributed by atoms with E-state index in [1.165, 1.54) is 62.8 Å². The van der Waals surface area contributed by atoms with Crippen molar-refractivity contribution in [1.82, 2.24) is 14.5 Å². The molecule has 2 bridgehead atoms. The van der Waals surface area contributed by atoms with Crippen LogP contribution in [0.15, 0.2) is 54.6 Å². The fourth-order valence-corrected chi connectivity index (χ4v) is 7.46. The van der Waals surface area contributed by atoms with Crippen LogP contribution in [-0.4, -0.2) is 39.1 Å². The zero-order valence-electron chi connectivity index (χ0n) is 20.0. The van der Waals surface area contributed by atoms with Gasteiger partial charge in [0, 0.05) is 24.2 Å². The monoisotopic (exact) mass is 442 g/mol. The topological polar surface area (TPSA) is 47.1 Å². The van der Waals surface area contributed by atoms with Gasteiger partial charge in [-0.15, -0.1) is 0 Å². The number of benzene rings is 2. The van der Waals surface area contributed by atoms with Gasteiger partial charge in [-0.05, 0) is 94.4 Å². The van der Waals surface area contributed by atoms with E-state index in [9.17, 15) is 0 Å². The van der Waals surface area contributed by atoms with Crippen molar-refractivity contribution < 1.29 is 0 Å². The summed E-state index contributed by atoms with van der Waals surface area (Å²) in [6, 6.07) is 22.4. The summed E-state index contributed by atoms with van der Waals surface area (Å²) in [5, 5.41) is 0. The predicted octanol–water partition coefficient (Wildman–Crippen LogP) is 5.74. The molecule has 3 aliphatic rings. The molecule has 174 valence electrons. The first kappa shape index (κ1) is 21.4. The van der Waals surface area contributed by atoms with Gasteiger partial charge in [0.05, 0.1) is 11.0 Å². The van der Waals surface area contributed by atoms with Crippen molar-refractivity contribution >= 4 is 11.0 Å². The number of rotatable bonds is 5. The summed E-state index contributed by atoms with van der Waals surface area (Å²) in [6.07, 6.45) is 11.3. The summed E-state index contributed by atoms with van der Waals surface area (Å²) in [6.45, 7) is 3.42. The summed E-state index contributed by atoms with van der Waals surface area (Å²) < 4.78 is 2.55. The molecule has 2 unspecified atom stereocenters. The molecular weight excluding hydrogens is 404 g/mol. The summed E-state index contributed by atoms with van der Waals surface area (Å²) >= 11 is 0. The van der Waals surface area contributed by atoms with Crippen LogP contribution < -0.4 is 5.73 Å². The third-order valence-electron chi connectivity index (χ3n) is 9.22. The van der Waals surface area contributed by atoms with Gasteiger partial charge in [0.1, 0.15) is 5.82 Å². The van der Waals surface area contributed by atoms with E-state index in [0.29, 0.717) is 29.6 Å². The van der Waals surface area contributed by atoms with E-state index >= 15 is 0 Å². The number of hydrogen-bond acceptors (Lipinski definition) is 3. The number of piperidine rings is 1. The molecule has 0 spiro atoms. The van der Waals surface area contributed by atoms with Gasteiger partial charge in [-0.2, -0.15) is 0 Å². The maximum Gasteiger partial charge on any atom is 0.106 e. The zero-order chi connectivity index (χ0) is 22.4. The van der Waals surface area contributed by atoms with E-state index in [4.69, 9.17) is 10.7 Å². The van der Waals surface area contributed by atoms with Crippen LogP contribution in [0.2, 0.25) is 0 Å². The van der Waals surface area contributed by atoms with E-state index in [1.807, 2.05) is 0 Å². The molecule has 3 atom stereocenters. The highest BCUT2D eigenvalue weighted by Crippen LogP contribution is 2.46. The first-order chi connectivity index (χ1) is 16.1. The first-order valence-electron chi connectivity index (χ1n) is 13.1. The van der Waals surface area contributed by atoms with E-state index < -0.39 is 0 Å². The minimum Gasteiger partial charge on any atom is -0.328 e. The van der Waals surface area contributed by atoms with Crippen molar-refractivity contribution in [1.29, 1.82) is 0 Å². The minimum absolute atomic E-state index is 0.310. The molecule has 2 aromatic carbocycles. The normalized spacial score (nSPS) is 32.4. The Hall–Kier alpha value is -2.17. The van der Waals surface area contributed by atoms with Crippen molar-refractivity contribution in [3.05, 3.63) is 66.0 Å². The first-order valence-corrected chi connectivity index (χ1v) is 13.1. The molecule has 2 aliphatic heterocycles. The summed E-state index contributed by atoms with van der Waals surface area (Å²) in [7, 11) is 0. The number of nitrogens with two attached hydrogens (primary N) is 1. The van der Waals surface area contributed by atoms with Crippen molar-refractivity contribution in [3.8, 4) is 0 Å². The highest BCUT2D eigenvalue weighted by atomic mass is 15.2. The molecule has 2 saturated heterocycles. The lowest BCUT2D eigenvalue weighted by Crippen LogP contribution is -2.46. The number of fused-ring (bicyclic) bond motifs is 3. The van der Waals surface area contributed by atoms with Gasteiger partial charge < -0.3 is 10.3 Å². The molecule has 3 aromatic rings. The Morgan fingerprint density at radius 1 is 0.879 bits per heavy atom. The smallest absolute Gasteiger partial charge is 0.106 e. The van der Waals surface area contributed by atoms with Gasteiger partial charge in [0.25, 0.3) is 0 Å². The lowest BCUT2D eigenvalue weighted by Gasteiger charge is -2.44. The molecule has 33 heavy (non-hydrogen) atoms. The second-order valence-corrected chi connectivity index (χ2v) is 11.0. The lowest BCUT2D eigenvalue weighted by molar-refractivity contribution is 0.0910. The molecule has 3 fully saturated rings. The Kier molecular flexibility index (Phi) is 5.54. The second-order valence-electron chi connectivity index (χ2n) is 11.0. The third-order valence-corrected chi connectivity index (χ3v) is 9.22. The van der Waals surface area contributed by atoms with E-state index in [-0.39, 0.29) is 0 Å². The Labute approximate surface area is 198 Å². The molecule has 1 aliphatic carbocycles. The van der Waals surface area contributed by atoms with Gasteiger partial charge in [0.2, 0.25) is 0 Å². The molecule has 3 heterocycles. The van der Waals surface area contributed by atoms with Gasteiger partial charge in [-0.1, -0.05) is 42.5 Å². The highest BCUT2D eigenvalue weighted by Gasteiger charge is 2.43. The van der Waals surface area contributed by atoms with Crippen LogP contribution in [0.3, 0.4) is 0 Å². The largest absolute Gasteiger partial charge is 0.328 e. The van der Waals surface area contributed by atoms with Gasteiger partial charge in [-0.25, -0.2) is 4.98 Å². The fraction of sp³-hybridized carbons (Fsp3) is 0.552. The Balaban J connectivity index is 1.20. The number of aromatic nitrogens is 2. The predicted molar refractivity (Wildman–Crippen MR) is 135 cm³/mol. The van der Waals surface area contributed by atoms with E-state index in [1.54, 1.807) is 5.56 Å². The highest BCUT2D eigenvalue weighted by molar-refractivity contribution is 5.76. The molecule has 4 heteroatoms. The quantitative estimate of drug-likeness (QED) is 0.548. The van der Waals surface area contributed by atoms with Crippen molar-refractivity contribution in [3.63, 3.8) is 0 Å². The number of nitrogens with zero attached hydrogens (tertiary/aromatic N) is 3. The van der Waals surface area contributed by atoms with Crippen LogP contribution in [0, 0.1) is 6.92 Å². The zero-order valence-corrected chi connectivity index (χ0v) is 20.0. The summed E-state index contributed by atoms with van der Waals surface area (Å²) in [4.78, 5) is 7.76. The molecular formula is C29H38N4. The van der Waals surface area contributed by atoms with Crippen LogP contribution >= 0.6 is 0 Å². The standard InChI is InChI=1S/C29H38N4/c1-21-31-27-9-5-6-10-28(27)33(21)26-19-24-11-12-25(20-26)32(24)18-17-29(15-13-23(30)14-16-29)22-7-3-2-4-8-22/h2-10,23-26H,11-20,30H2,1H3/t23?,24-,25?,26?,29?/m0/s1. The van der Waals surface area contributed by atoms with Crippen molar-refractivity contribution in [2.45, 2.75) is 94.3 Å². The fourth-order valence-electron chi connectivity index (χ4n) is 7.46. The van der Waals surface area contributed by atoms with Crippen LogP contribution in [0.4, 0.5) is 0 Å². The number of hydrogen-bond donors (Lipinski definition) is 1. The second kappa shape index (κ2) is 8.56. The Morgan fingerprint density at radius 3 is 2.27 bits per heavy atom. The van der Waals surface area contributed by atoms with Crippen LogP contribution in [-0.2, 0) is 5.41 Å². The third kappa shape index (κ3) is 3.81. The summed E-state index contributed by atoms with van der Waals surface area (Å²) in [5.74, 6) is 1.18. The Bertz CT molecular complexity index is 1080. The molecule has 1 saturated carbocycles. The van der Waals surface area contributed by atoms with Gasteiger partial charge in [-0.3, -0.25) is 4.90 Å². The van der Waals surface area contributed by atoms with Crippen LogP contribution in [0.25, 0.3) is 11.0 Å². The molecule has 1 aromatic heterocycles. The number of imidazole rings is 1. The van der Waals surface area contributed by atoms with Gasteiger partial charge >= 0.3 is 0 Å². The minimum atomic E-state index is 0.310. The molecule has 4 nitrogen and oxygen atoms in total. The molecule has 0 amide bonds. The SMILES string of the molecule is Cc1nc2ccccc2n1C1CC2CC[C@@H](C1)N2CCC1(c2ccccc2)CCC(N)CC1. The van der Waals surface area contributed by atoms with E-state index in [0.717, 1.165) is 18.4 Å². The average Bonchev–Trinajstić information content (AvgIpc) is 3.30. The average molecular weight is 443 g/mol. The molecule has 0 radical (unpaired) electrons. The number of aryl methyl sites for hydroxylation is 1. The van der Waals surface area contributed by atoms with Crippen LogP contribution in [0.5, 0.6) is 0 Å². The maximum atomic E-state index is 6.32. The maximum absolute atomic E-state index is 6.32. The molecule has 2 N–H and O–H groups in total. The van der Waals surface area contributed by atoms with Crippen molar-refractivity contribution in [2.75, 3.05) is 6.54 Å². The van der Waals surface area contributed by atoms with E-state index in [2.05, 4.69) is 71.0 Å². The van der Waals surface area contributed by atoms with Gasteiger partial charge in [0.15, 0.2) is 0 Å². The van der Waals surface area contributed by atoms with Crippen LogP contribution in [0.1, 0.15) is 75.2 Å². The number of para-hydroxylation sites is 2.